The Morgan fingerprint density at radius 3 is 2.94 bits per heavy atom. The van der Waals surface area contributed by atoms with Gasteiger partial charge < -0.3 is 10.0 Å². The zero-order chi connectivity index (χ0) is 13.1. The third-order valence-electron chi connectivity index (χ3n) is 2.78. The molecule has 7 heteroatoms. The van der Waals surface area contributed by atoms with Crippen LogP contribution in [0, 0.1) is 5.92 Å². The predicted molar refractivity (Wildman–Crippen MR) is 68.3 cm³/mol. The van der Waals surface area contributed by atoms with E-state index in [0.29, 0.717) is 18.8 Å². The number of carboxylic acid groups (broad SMARTS) is 1. The maximum Gasteiger partial charge on any atom is 0.323 e. The van der Waals surface area contributed by atoms with E-state index in [2.05, 4.69) is 26.2 Å². The van der Waals surface area contributed by atoms with Crippen LogP contribution in [0.15, 0.2) is 22.8 Å². The number of urea groups is 1. The van der Waals surface area contributed by atoms with Crippen LogP contribution in [0.25, 0.3) is 0 Å². The predicted octanol–water partition coefficient (Wildman–Crippen LogP) is 1.78. The molecular weight excluding hydrogens is 302 g/mol. The lowest BCUT2D eigenvalue weighted by molar-refractivity contribution is -0.141. The number of halogens is 1. The van der Waals surface area contributed by atoms with E-state index >= 15 is 0 Å². The molecular formula is C11H12BrN3O3. The summed E-state index contributed by atoms with van der Waals surface area (Å²) in [5.41, 5.74) is 0. The molecule has 2 amide bonds. The molecule has 0 saturated carbocycles. The van der Waals surface area contributed by atoms with Crippen LogP contribution in [0.3, 0.4) is 0 Å². The molecule has 1 unspecified atom stereocenters. The van der Waals surface area contributed by atoms with Crippen LogP contribution in [0.4, 0.5) is 10.6 Å². The summed E-state index contributed by atoms with van der Waals surface area (Å²) >= 11 is 3.28. The molecule has 1 aliphatic rings. The standard InChI is InChI=1S/C11H12BrN3O3/c12-8-1-3-13-9(5-8)14-11(18)15-4-2-7(6-15)10(16)17/h1,3,5,7H,2,4,6H2,(H,16,17)(H,13,14,18). The molecule has 0 spiro atoms. The number of anilines is 1. The number of rotatable bonds is 2. The van der Waals surface area contributed by atoms with Crippen LogP contribution < -0.4 is 5.32 Å². The normalized spacial score (nSPS) is 18.7. The number of aliphatic carboxylic acids is 1. The number of carboxylic acids is 1. The van der Waals surface area contributed by atoms with Crippen molar-refractivity contribution in [1.82, 2.24) is 9.88 Å². The van der Waals surface area contributed by atoms with Crippen molar-refractivity contribution in [2.75, 3.05) is 18.4 Å². The molecule has 1 fully saturated rings. The fourth-order valence-corrected chi connectivity index (χ4v) is 2.14. The van der Waals surface area contributed by atoms with Crippen LogP contribution in [-0.2, 0) is 4.79 Å². The average Bonchev–Trinajstić information content (AvgIpc) is 2.78. The Bertz CT molecular complexity index is 480. The molecule has 1 atom stereocenters. The van der Waals surface area contributed by atoms with Crippen molar-refractivity contribution in [1.29, 1.82) is 0 Å². The minimum Gasteiger partial charge on any atom is -0.481 e. The molecule has 2 heterocycles. The summed E-state index contributed by atoms with van der Waals surface area (Å²) in [5, 5.41) is 11.5. The number of carbonyl (C=O) groups excluding carboxylic acids is 1. The quantitative estimate of drug-likeness (QED) is 0.872. The van der Waals surface area contributed by atoms with Gasteiger partial charge in [0.05, 0.1) is 5.92 Å². The van der Waals surface area contributed by atoms with E-state index in [1.165, 1.54) is 4.90 Å². The number of amides is 2. The largest absolute Gasteiger partial charge is 0.481 e. The third-order valence-corrected chi connectivity index (χ3v) is 3.27. The van der Waals surface area contributed by atoms with E-state index in [4.69, 9.17) is 5.11 Å². The number of hydrogen-bond donors (Lipinski definition) is 2. The van der Waals surface area contributed by atoms with Gasteiger partial charge in [-0.25, -0.2) is 9.78 Å². The molecule has 1 aliphatic heterocycles. The van der Waals surface area contributed by atoms with Gasteiger partial charge in [0.2, 0.25) is 0 Å². The zero-order valence-electron chi connectivity index (χ0n) is 9.47. The van der Waals surface area contributed by atoms with Gasteiger partial charge in [-0.05, 0) is 18.6 Å². The molecule has 1 aromatic heterocycles. The molecule has 18 heavy (non-hydrogen) atoms. The third kappa shape index (κ3) is 2.98. The highest BCUT2D eigenvalue weighted by molar-refractivity contribution is 9.10. The molecule has 2 N–H and O–H groups in total. The van der Waals surface area contributed by atoms with E-state index in [1.807, 2.05) is 0 Å². The second kappa shape index (κ2) is 5.34. The first-order valence-corrected chi connectivity index (χ1v) is 6.26. The number of nitrogens with one attached hydrogen (secondary N) is 1. The number of pyridine rings is 1. The van der Waals surface area contributed by atoms with Crippen LogP contribution in [0.1, 0.15) is 6.42 Å². The van der Waals surface area contributed by atoms with Crippen LogP contribution in [0.2, 0.25) is 0 Å². The van der Waals surface area contributed by atoms with Gasteiger partial charge in [0.25, 0.3) is 0 Å². The van der Waals surface area contributed by atoms with Gasteiger partial charge in [-0.15, -0.1) is 0 Å². The summed E-state index contributed by atoms with van der Waals surface area (Å²) in [6.07, 6.45) is 2.07. The van der Waals surface area contributed by atoms with Crippen molar-refractivity contribution in [3.05, 3.63) is 22.8 Å². The molecule has 0 radical (unpaired) electrons. The molecule has 6 nitrogen and oxygen atoms in total. The maximum absolute atomic E-state index is 11.9. The highest BCUT2D eigenvalue weighted by Crippen LogP contribution is 2.18. The fourth-order valence-electron chi connectivity index (χ4n) is 1.81. The number of carbonyl (C=O) groups is 2. The number of nitrogens with zero attached hydrogens (tertiary/aromatic N) is 2. The fraction of sp³-hybridized carbons (Fsp3) is 0.364. The van der Waals surface area contributed by atoms with Crippen molar-refractivity contribution in [2.24, 2.45) is 5.92 Å². The monoisotopic (exact) mass is 313 g/mol. The van der Waals surface area contributed by atoms with Gasteiger partial charge in [-0.3, -0.25) is 10.1 Å². The molecule has 96 valence electrons. The molecule has 0 aliphatic carbocycles. The lowest BCUT2D eigenvalue weighted by atomic mass is 10.1. The Balaban J connectivity index is 1.95. The molecule has 2 rings (SSSR count). The van der Waals surface area contributed by atoms with Crippen molar-refractivity contribution < 1.29 is 14.7 Å². The Morgan fingerprint density at radius 2 is 2.33 bits per heavy atom. The minimum atomic E-state index is -0.856. The second-order valence-corrected chi connectivity index (χ2v) is 4.97. The van der Waals surface area contributed by atoms with E-state index in [1.54, 1.807) is 18.3 Å². The smallest absolute Gasteiger partial charge is 0.323 e. The molecule has 1 saturated heterocycles. The first-order chi connectivity index (χ1) is 8.56. The minimum absolute atomic E-state index is 0.245. The summed E-state index contributed by atoms with van der Waals surface area (Å²) in [6.45, 7) is 0.700. The van der Waals surface area contributed by atoms with E-state index in [0.717, 1.165) is 4.47 Å². The topological polar surface area (TPSA) is 82.5 Å². The summed E-state index contributed by atoms with van der Waals surface area (Å²) in [7, 11) is 0. The molecule has 0 aromatic carbocycles. The number of aromatic nitrogens is 1. The highest BCUT2D eigenvalue weighted by atomic mass is 79.9. The van der Waals surface area contributed by atoms with Crippen molar-refractivity contribution >= 4 is 33.7 Å². The van der Waals surface area contributed by atoms with Gasteiger partial charge in [0.1, 0.15) is 5.82 Å². The number of hydrogen-bond acceptors (Lipinski definition) is 3. The van der Waals surface area contributed by atoms with E-state index in [9.17, 15) is 9.59 Å². The van der Waals surface area contributed by atoms with Gasteiger partial charge in [0, 0.05) is 23.8 Å². The van der Waals surface area contributed by atoms with Gasteiger partial charge >= 0.3 is 12.0 Å². The van der Waals surface area contributed by atoms with Gasteiger partial charge in [-0.1, -0.05) is 15.9 Å². The van der Waals surface area contributed by atoms with Crippen molar-refractivity contribution in [3.8, 4) is 0 Å². The lowest BCUT2D eigenvalue weighted by Gasteiger charge is -2.16. The molecule has 1 aromatic rings. The first kappa shape index (κ1) is 12.8. The van der Waals surface area contributed by atoms with E-state index < -0.39 is 11.9 Å². The average molecular weight is 314 g/mol. The first-order valence-electron chi connectivity index (χ1n) is 5.46. The number of likely N-dealkylation sites (tertiary alicyclic amines) is 1. The van der Waals surface area contributed by atoms with Gasteiger partial charge in [-0.2, -0.15) is 0 Å². The summed E-state index contributed by atoms with van der Waals surface area (Å²) in [4.78, 5) is 28.1. The Hall–Kier alpha value is -1.63. The summed E-state index contributed by atoms with van der Waals surface area (Å²) in [5.74, 6) is -0.884. The highest BCUT2D eigenvalue weighted by Gasteiger charge is 2.30. The lowest BCUT2D eigenvalue weighted by Crippen LogP contribution is -2.34. The Kier molecular flexibility index (Phi) is 3.81. The SMILES string of the molecule is O=C(O)C1CCN(C(=O)Nc2cc(Br)ccn2)C1. The summed E-state index contributed by atoms with van der Waals surface area (Å²) < 4.78 is 0.817. The Morgan fingerprint density at radius 1 is 1.56 bits per heavy atom. The zero-order valence-corrected chi connectivity index (χ0v) is 11.1. The van der Waals surface area contributed by atoms with Crippen LogP contribution >= 0.6 is 15.9 Å². The van der Waals surface area contributed by atoms with Crippen LogP contribution in [-0.4, -0.2) is 40.1 Å². The van der Waals surface area contributed by atoms with Crippen molar-refractivity contribution in [2.45, 2.75) is 6.42 Å². The Labute approximate surface area is 112 Å². The summed E-state index contributed by atoms with van der Waals surface area (Å²) in [6, 6.07) is 3.12. The van der Waals surface area contributed by atoms with Crippen LogP contribution in [0.5, 0.6) is 0 Å². The van der Waals surface area contributed by atoms with E-state index in [-0.39, 0.29) is 12.6 Å². The van der Waals surface area contributed by atoms with Gasteiger partial charge in [0.15, 0.2) is 0 Å². The maximum atomic E-state index is 11.9. The van der Waals surface area contributed by atoms with Crippen molar-refractivity contribution in [3.63, 3.8) is 0 Å². The second-order valence-electron chi connectivity index (χ2n) is 4.06. The molecule has 0 bridgehead atoms.